The molecular formula is C15H14ClFN6O. The largest absolute Gasteiger partial charge is 0.489 e. The third-order valence-corrected chi connectivity index (χ3v) is 3.59. The van der Waals surface area contributed by atoms with Crippen molar-refractivity contribution in [1.29, 1.82) is 0 Å². The van der Waals surface area contributed by atoms with Gasteiger partial charge < -0.3 is 15.9 Å². The number of benzene rings is 2. The average molecular weight is 349 g/mol. The molecule has 2 aromatic carbocycles. The molecule has 7 nitrogen and oxygen atoms in total. The zero-order valence-corrected chi connectivity index (χ0v) is 13.2. The Morgan fingerprint density at radius 2 is 2.12 bits per heavy atom. The van der Waals surface area contributed by atoms with Gasteiger partial charge in [0.1, 0.15) is 18.2 Å². The van der Waals surface area contributed by atoms with Crippen LogP contribution in [0.5, 0.6) is 5.75 Å². The number of anilines is 1. The number of hydrogen-bond acceptors (Lipinski definition) is 6. The van der Waals surface area contributed by atoms with Gasteiger partial charge in [-0.2, -0.15) is 0 Å². The van der Waals surface area contributed by atoms with Gasteiger partial charge in [0.05, 0.1) is 11.6 Å². The molecule has 3 aromatic rings. The molecule has 124 valence electrons. The van der Waals surface area contributed by atoms with Crippen LogP contribution in [0.15, 0.2) is 42.5 Å². The molecule has 0 bridgehead atoms. The molecule has 0 aliphatic heterocycles. The van der Waals surface area contributed by atoms with Crippen LogP contribution in [0, 0.1) is 5.82 Å². The van der Waals surface area contributed by atoms with E-state index in [0.29, 0.717) is 22.9 Å². The second-order valence-corrected chi connectivity index (χ2v) is 5.36. The Hall–Kier alpha value is -2.87. The van der Waals surface area contributed by atoms with E-state index in [-0.39, 0.29) is 18.4 Å². The van der Waals surface area contributed by atoms with Crippen molar-refractivity contribution in [2.45, 2.75) is 13.2 Å². The van der Waals surface area contributed by atoms with Gasteiger partial charge in [-0.05, 0) is 40.3 Å². The zero-order chi connectivity index (χ0) is 16.9. The molecule has 1 aromatic heterocycles. The number of nitrogens with one attached hydrogen (secondary N) is 1. The number of hydrogen-bond donors (Lipinski definition) is 2. The summed E-state index contributed by atoms with van der Waals surface area (Å²) in [5.74, 6) is 0.464. The fraction of sp³-hybridized carbons (Fsp3) is 0.133. The van der Waals surface area contributed by atoms with Crippen LogP contribution in [-0.4, -0.2) is 20.3 Å². The topological polar surface area (TPSA) is 90.9 Å². The Balaban J connectivity index is 1.61. The Kier molecular flexibility index (Phi) is 4.76. The molecule has 9 heteroatoms. The number of nitrogens with two attached hydrogens (primary N) is 1. The zero-order valence-electron chi connectivity index (χ0n) is 12.5. The lowest BCUT2D eigenvalue weighted by Gasteiger charge is -2.10. The summed E-state index contributed by atoms with van der Waals surface area (Å²) in [6.07, 6.45) is 0. The second-order valence-electron chi connectivity index (χ2n) is 4.96. The van der Waals surface area contributed by atoms with E-state index in [9.17, 15) is 4.39 Å². The molecular weight excluding hydrogens is 335 g/mol. The van der Waals surface area contributed by atoms with Gasteiger partial charge in [0, 0.05) is 5.56 Å². The summed E-state index contributed by atoms with van der Waals surface area (Å²) in [5, 5.41) is 11.0. The molecule has 3 rings (SSSR count). The van der Waals surface area contributed by atoms with Crippen molar-refractivity contribution in [3.05, 3.63) is 64.4 Å². The Morgan fingerprint density at radius 3 is 2.88 bits per heavy atom. The Morgan fingerprint density at radius 1 is 1.25 bits per heavy atom. The van der Waals surface area contributed by atoms with Crippen LogP contribution >= 0.6 is 11.6 Å². The van der Waals surface area contributed by atoms with Crippen molar-refractivity contribution >= 4 is 17.5 Å². The number of aromatic nitrogens is 4. The predicted octanol–water partition coefficient (Wildman–Crippen LogP) is 2.37. The summed E-state index contributed by atoms with van der Waals surface area (Å²) in [6.45, 7) is 0.708. The molecule has 0 fully saturated rings. The molecule has 3 N–H and O–H groups in total. The standard InChI is InChI=1S/C15H14ClFN6O/c16-14-7-12(17)5-4-11(14)9-24-13-3-1-2-10(6-13)8-19-23-15(18)20-21-22-23/h1-7,19H,8-9H2,(H2,18,20,22). The van der Waals surface area contributed by atoms with E-state index in [1.54, 1.807) is 6.07 Å². The van der Waals surface area contributed by atoms with Gasteiger partial charge in [-0.3, -0.25) is 0 Å². The number of nitrogen functional groups attached to an aromatic ring is 1. The number of ether oxygens (including phenoxy) is 1. The van der Waals surface area contributed by atoms with Gasteiger partial charge in [0.25, 0.3) is 5.95 Å². The summed E-state index contributed by atoms with van der Waals surface area (Å²) in [7, 11) is 0. The first-order valence-corrected chi connectivity index (χ1v) is 7.43. The van der Waals surface area contributed by atoms with E-state index in [4.69, 9.17) is 22.1 Å². The maximum atomic E-state index is 13.0. The normalized spacial score (nSPS) is 10.6. The van der Waals surface area contributed by atoms with Crippen LogP contribution in [0.2, 0.25) is 5.02 Å². The fourth-order valence-electron chi connectivity index (χ4n) is 2.02. The first kappa shape index (κ1) is 16.0. The summed E-state index contributed by atoms with van der Waals surface area (Å²) in [5.41, 5.74) is 10.2. The molecule has 0 saturated heterocycles. The van der Waals surface area contributed by atoms with Gasteiger partial charge in [-0.15, -0.1) is 4.79 Å². The quantitative estimate of drug-likeness (QED) is 0.710. The molecule has 0 aliphatic carbocycles. The van der Waals surface area contributed by atoms with E-state index in [2.05, 4.69) is 21.0 Å². The van der Waals surface area contributed by atoms with E-state index >= 15 is 0 Å². The molecule has 1 heterocycles. The van der Waals surface area contributed by atoms with Gasteiger partial charge in [0.2, 0.25) is 0 Å². The lowest BCUT2D eigenvalue weighted by atomic mass is 10.2. The van der Waals surface area contributed by atoms with Crippen LogP contribution in [0.1, 0.15) is 11.1 Å². The van der Waals surface area contributed by atoms with Crippen LogP contribution in [0.4, 0.5) is 10.3 Å². The monoisotopic (exact) mass is 348 g/mol. The van der Waals surface area contributed by atoms with E-state index in [1.807, 2.05) is 24.3 Å². The van der Waals surface area contributed by atoms with Crippen molar-refractivity contribution in [2.24, 2.45) is 0 Å². The summed E-state index contributed by atoms with van der Waals surface area (Å²) < 4.78 is 18.7. The van der Waals surface area contributed by atoms with Crippen LogP contribution in [0.3, 0.4) is 0 Å². The van der Waals surface area contributed by atoms with Crippen LogP contribution in [0.25, 0.3) is 0 Å². The molecule has 0 spiro atoms. The highest BCUT2D eigenvalue weighted by Crippen LogP contribution is 2.20. The molecule has 0 radical (unpaired) electrons. The average Bonchev–Trinajstić information content (AvgIpc) is 2.98. The van der Waals surface area contributed by atoms with Crippen molar-refractivity contribution in [2.75, 3.05) is 11.2 Å². The summed E-state index contributed by atoms with van der Waals surface area (Å²) in [4.78, 5) is 1.28. The lowest BCUT2D eigenvalue weighted by molar-refractivity contribution is 0.306. The van der Waals surface area contributed by atoms with E-state index in [0.717, 1.165) is 5.56 Å². The Labute approximate surface area is 142 Å². The Bertz CT molecular complexity index is 840. The predicted molar refractivity (Wildman–Crippen MR) is 87.5 cm³/mol. The van der Waals surface area contributed by atoms with E-state index < -0.39 is 0 Å². The van der Waals surface area contributed by atoms with Gasteiger partial charge in [-0.1, -0.05) is 34.9 Å². The van der Waals surface area contributed by atoms with Gasteiger partial charge in [-0.25, -0.2) is 4.39 Å². The third kappa shape index (κ3) is 3.90. The highest BCUT2D eigenvalue weighted by molar-refractivity contribution is 6.31. The minimum atomic E-state index is -0.376. The van der Waals surface area contributed by atoms with Crippen molar-refractivity contribution in [3.63, 3.8) is 0 Å². The maximum absolute atomic E-state index is 13.0. The minimum Gasteiger partial charge on any atom is -0.489 e. The van der Waals surface area contributed by atoms with Crippen molar-refractivity contribution in [3.8, 4) is 5.75 Å². The maximum Gasteiger partial charge on any atom is 0.260 e. The fourth-order valence-corrected chi connectivity index (χ4v) is 2.24. The number of rotatable bonds is 6. The lowest BCUT2D eigenvalue weighted by Crippen LogP contribution is -2.18. The van der Waals surface area contributed by atoms with E-state index in [1.165, 1.54) is 16.9 Å². The minimum absolute atomic E-state index is 0.174. The molecule has 24 heavy (non-hydrogen) atoms. The SMILES string of the molecule is Nc1nnnn1NCc1cccc(OCc2ccc(F)cc2Cl)c1. The number of tetrazole rings is 1. The van der Waals surface area contributed by atoms with Gasteiger partial charge >= 0.3 is 0 Å². The second kappa shape index (κ2) is 7.14. The number of halogens is 2. The number of nitrogens with zero attached hydrogens (tertiary/aromatic N) is 4. The molecule has 0 atom stereocenters. The third-order valence-electron chi connectivity index (χ3n) is 3.23. The van der Waals surface area contributed by atoms with Gasteiger partial charge in [0.15, 0.2) is 0 Å². The smallest absolute Gasteiger partial charge is 0.260 e. The molecule has 0 aliphatic rings. The first-order chi connectivity index (χ1) is 11.6. The first-order valence-electron chi connectivity index (χ1n) is 7.05. The van der Waals surface area contributed by atoms with Crippen LogP contribution in [-0.2, 0) is 13.2 Å². The molecule has 0 saturated carbocycles. The van der Waals surface area contributed by atoms with Crippen molar-refractivity contribution < 1.29 is 9.13 Å². The highest BCUT2D eigenvalue weighted by Gasteiger charge is 2.05. The molecule has 0 unspecified atom stereocenters. The molecule has 0 amide bonds. The van der Waals surface area contributed by atoms with Crippen molar-refractivity contribution in [1.82, 2.24) is 20.3 Å². The summed E-state index contributed by atoms with van der Waals surface area (Å²) in [6, 6.07) is 11.7. The summed E-state index contributed by atoms with van der Waals surface area (Å²) >= 11 is 5.99. The van der Waals surface area contributed by atoms with Crippen LogP contribution < -0.4 is 15.9 Å². The highest BCUT2D eigenvalue weighted by atomic mass is 35.5.